The van der Waals surface area contributed by atoms with E-state index in [4.69, 9.17) is 0 Å². The van der Waals surface area contributed by atoms with Crippen molar-refractivity contribution < 1.29 is 19.6 Å². The van der Waals surface area contributed by atoms with Crippen LogP contribution < -0.4 is 5.32 Å². The first-order valence-corrected chi connectivity index (χ1v) is 7.64. The van der Waals surface area contributed by atoms with Crippen molar-refractivity contribution in [1.82, 2.24) is 15.1 Å². The third-order valence-corrected chi connectivity index (χ3v) is 4.14. The maximum absolute atomic E-state index is 12.1. The molecule has 23 heavy (non-hydrogen) atoms. The van der Waals surface area contributed by atoms with Crippen molar-refractivity contribution in [3.05, 3.63) is 22.5 Å². The van der Waals surface area contributed by atoms with Crippen LogP contribution in [0, 0.1) is 10.1 Å². The highest BCUT2D eigenvalue weighted by Crippen LogP contribution is 2.27. The molecule has 0 bridgehead atoms. The average Bonchev–Trinajstić information content (AvgIpc) is 2.85. The zero-order valence-corrected chi connectivity index (χ0v) is 12.7. The Labute approximate surface area is 132 Å². The zero-order chi connectivity index (χ0) is 16.9. The number of rotatable bonds is 6. The number of carboxylic acids is 1. The molecule has 1 aromatic heterocycles. The van der Waals surface area contributed by atoms with E-state index in [1.54, 1.807) is 0 Å². The van der Waals surface area contributed by atoms with E-state index in [2.05, 4.69) is 10.4 Å². The second-order valence-electron chi connectivity index (χ2n) is 5.82. The topological polar surface area (TPSA) is 127 Å². The number of carboxylic acid groups (broad SMARTS) is 1. The Kier molecular flexibility index (Phi) is 5.30. The van der Waals surface area contributed by atoms with Crippen LogP contribution in [0.25, 0.3) is 0 Å². The Morgan fingerprint density at radius 1 is 1.35 bits per heavy atom. The van der Waals surface area contributed by atoms with Gasteiger partial charge in [-0.05, 0) is 12.8 Å². The van der Waals surface area contributed by atoms with E-state index in [0.717, 1.165) is 31.9 Å². The standard InChI is InChI=1S/C14H20N4O5/c19-12(5-8-17-10-11(9-15-17)18(22)23)16-14(13(20)21)6-3-1-2-4-7-14/h9-10H,1-8H2,(H,16,19)(H,20,21). The van der Waals surface area contributed by atoms with Gasteiger partial charge in [0, 0.05) is 13.0 Å². The number of hydrogen-bond acceptors (Lipinski definition) is 5. The number of aryl methyl sites for hydroxylation is 1. The molecule has 126 valence electrons. The van der Waals surface area contributed by atoms with Gasteiger partial charge in [0.15, 0.2) is 0 Å². The second kappa shape index (κ2) is 7.21. The summed E-state index contributed by atoms with van der Waals surface area (Å²) in [5.41, 5.74) is -1.33. The van der Waals surface area contributed by atoms with Gasteiger partial charge in [-0.2, -0.15) is 5.10 Å². The number of amides is 1. The molecule has 1 aromatic rings. The number of aromatic nitrogens is 2. The van der Waals surface area contributed by atoms with Gasteiger partial charge in [0.05, 0.1) is 4.92 Å². The van der Waals surface area contributed by atoms with Crippen LogP contribution in [0.2, 0.25) is 0 Å². The lowest BCUT2D eigenvalue weighted by molar-refractivity contribution is -0.385. The number of aliphatic carboxylic acids is 1. The third kappa shape index (κ3) is 4.27. The molecule has 1 aliphatic carbocycles. The minimum absolute atomic E-state index is 0.0217. The lowest BCUT2D eigenvalue weighted by Gasteiger charge is -2.29. The van der Waals surface area contributed by atoms with Crippen molar-refractivity contribution in [2.24, 2.45) is 0 Å². The minimum Gasteiger partial charge on any atom is -0.480 e. The molecule has 0 spiro atoms. The quantitative estimate of drug-likeness (QED) is 0.463. The molecule has 1 heterocycles. The van der Waals surface area contributed by atoms with E-state index in [0.29, 0.717) is 12.8 Å². The fourth-order valence-corrected chi connectivity index (χ4v) is 2.84. The highest BCUT2D eigenvalue weighted by Gasteiger charge is 2.39. The van der Waals surface area contributed by atoms with Gasteiger partial charge < -0.3 is 10.4 Å². The molecule has 2 rings (SSSR count). The Morgan fingerprint density at radius 2 is 2.00 bits per heavy atom. The van der Waals surface area contributed by atoms with Crippen molar-refractivity contribution in [3.63, 3.8) is 0 Å². The number of nitrogens with one attached hydrogen (secondary N) is 1. The molecule has 0 unspecified atom stereocenters. The van der Waals surface area contributed by atoms with E-state index in [-0.39, 0.29) is 24.6 Å². The number of nitro groups is 1. The SMILES string of the molecule is O=C(CCn1cc([N+](=O)[O-])cn1)NC1(C(=O)O)CCCCCC1. The molecule has 2 N–H and O–H groups in total. The third-order valence-electron chi connectivity index (χ3n) is 4.14. The van der Waals surface area contributed by atoms with Crippen LogP contribution in [-0.4, -0.2) is 37.2 Å². The lowest BCUT2D eigenvalue weighted by Crippen LogP contribution is -2.54. The fraction of sp³-hybridized carbons (Fsp3) is 0.643. The normalized spacial score (nSPS) is 17.2. The van der Waals surface area contributed by atoms with Crippen LogP contribution >= 0.6 is 0 Å². The molecule has 1 saturated carbocycles. The van der Waals surface area contributed by atoms with Crippen LogP contribution in [0.5, 0.6) is 0 Å². The first kappa shape index (κ1) is 16.9. The van der Waals surface area contributed by atoms with Gasteiger partial charge >= 0.3 is 11.7 Å². The second-order valence-corrected chi connectivity index (χ2v) is 5.82. The maximum atomic E-state index is 12.1. The molecule has 1 fully saturated rings. The van der Waals surface area contributed by atoms with Gasteiger partial charge in [-0.3, -0.25) is 19.6 Å². The molecule has 0 atom stereocenters. The summed E-state index contributed by atoms with van der Waals surface area (Å²) in [6.45, 7) is 0.162. The summed E-state index contributed by atoms with van der Waals surface area (Å²) < 4.78 is 1.30. The van der Waals surface area contributed by atoms with Crippen LogP contribution in [0.1, 0.15) is 44.9 Å². The largest absolute Gasteiger partial charge is 0.480 e. The predicted octanol–water partition coefficient (Wildman–Crippen LogP) is 1.48. The van der Waals surface area contributed by atoms with Gasteiger partial charge in [-0.25, -0.2) is 4.79 Å². The predicted molar refractivity (Wildman–Crippen MR) is 79.7 cm³/mol. The molecule has 0 radical (unpaired) electrons. The summed E-state index contributed by atoms with van der Waals surface area (Å²) in [7, 11) is 0. The van der Waals surface area contributed by atoms with Gasteiger partial charge in [-0.1, -0.05) is 25.7 Å². The number of carbonyl (C=O) groups excluding carboxylic acids is 1. The fourth-order valence-electron chi connectivity index (χ4n) is 2.84. The molecular formula is C14H20N4O5. The minimum atomic E-state index is -1.19. The summed E-state index contributed by atoms with van der Waals surface area (Å²) in [5.74, 6) is -1.38. The summed E-state index contributed by atoms with van der Waals surface area (Å²) in [4.78, 5) is 33.7. The molecule has 1 aliphatic rings. The summed E-state index contributed by atoms with van der Waals surface area (Å²) in [6, 6.07) is 0. The first-order valence-electron chi connectivity index (χ1n) is 7.64. The van der Waals surface area contributed by atoms with E-state index in [1.807, 2.05) is 0 Å². The van der Waals surface area contributed by atoms with Crippen molar-refractivity contribution in [3.8, 4) is 0 Å². The van der Waals surface area contributed by atoms with E-state index in [9.17, 15) is 24.8 Å². The number of hydrogen-bond donors (Lipinski definition) is 2. The Bertz CT molecular complexity index is 590. The summed E-state index contributed by atoms with van der Waals surface area (Å²) in [6.07, 6.45) is 6.74. The average molecular weight is 324 g/mol. The number of carbonyl (C=O) groups is 2. The lowest BCUT2D eigenvalue weighted by atomic mass is 9.90. The summed E-state index contributed by atoms with van der Waals surface area (Å²) >= 11 is 0. The van der Waals surface area contributed by atoms with Crippen LogP contribution in [0.15, 0.2) is 12.4 Å². The molecule has 0 saturated heterocycles. The van der Waals surface area contributed by atoms with Crippen LogP contribution in [0.4, 0.5) is 5.69 Å². The zero-order valence-electron chi connectivity index (χ0n) is 12.7. The summed E-state index contributed by atoms with van der Waals surface area (Å²) in [5, 5.41) is 26.5. The smallest absolute Gasteiger partial charge is 0.329 e. The van der Waals surface area contributed by atoms with E-state index >= 15 is 0 Å². The van der Waals surface area contributed by atoms with Gasteiger partial charge in [-0.15, -0.1) is 0 Å². The van der Waals surface area contributed by atoms with Crippen molar-refractivity contribution in [1.29, 1.82) is 0 Å². The van der Waals surface area contributed by atoms with E-state index in [1.165, 1.54) is 10.9 Å². The van der Waals surface area contributed by atoms with Crippen molar-refractivity contribution in [2.75, 3.05) is 0 Å². The van der Waals surface area contributed by atoms with Crippen molar-refractivity contribution >= 4 is 17.6 Å². The number of nitrogens with zero attached hydrogens (tertiary/aromatic N) is 3. The van der Waals surface area contributed by atoms with Gasteiger partial charge in [0.25, 0.3) is 0 Å². The molecule has 9 heteroatoms. The van der Waals surface area contributed by atoms with Crippen molar-refractivity contribution in [2.45, 2.75) is 57.0 Å². The Hall–Kier alpha value is -2.45. The Balaban J connectivity index is 1.93. The molecule has 1 amide bonds. The molecule has 0 aliphatic heterocycles. The molecular weight excluding hydrogens is 304 g/mol. The monoisotopic (exact) mass is 324 g/mol. The molecule has 0 aromatic carbocycles. The van der Waals surface area contributed by atoms with Crippen LogP contribution in [-0.2, 0) is 16.1 Å². The highest BCUT2D eigenvalue weighted by molar-refractivity contribution is 5.87. The molecule has 9 nitrogen and oxygen atoms in total. The Morgan fingerprint density at radius 3 is 2.52 bits per heavy atom. The maximum Gasteiger partial charge on any atom is 0.329 e. The van der Waals surface area contributed by atoms with Crippen LogP contribution in [0.3, 0.4) is 0 Å². The van der Waals surface area contributed by atoms with Gasteiger partial charge in [0.1, 0.15) is 17.9 Å². The van der Waals surface area contributed by atoms with Gasteiger partial charge in [0.2, 0.25) is 5.91 Å². The van der Waals surface area contributed by atoms with E-state index < -0.39 is 16.4 Å². The highest BCUT2D eigenvalue weighted by atomic mass is 16.6. The first-order chi connectivity index (χ1) is 10.9.